The fraction of sp³-hybridized carbons (Fsp3) is 0.500. The van der Waals surface area contributed by atoms with Crippen molar-refractivity contribution < 1.29 is 14.3 Å². The monoisotopic (exact) mass is 182 g/mol. The first-order chi connectivity index (χ1) is 6.15. The normalized spacial score (nSPS) is 12.8. The predicted molar refractivity (Wildman–Crippen MR) is 49.0 cm³/mol. The van der Waals surface area contributed by atoms with Gasteiger partial charge in [0, 0.05) is 5.92 Å². The van der Waals surface area contributed by atoms with E-state index in [2.05, 4.69) is 6.92 Å². The van der Waals surface area contributed by atoms with E-state index in [-0.39, 0.29) is 5.76 Å². The second-order valence-electron chi connectivity index (χ2n) is 3.20. The van der Waals surface area contributed by atoms with Crippen LogP contribution in [0.15, 0.2) is 16.5 Å². The molecule has 1 heterocycles. The molecule has 1 unspecified atom stereocenters. The quantitative estimate of drug-likeness (QED) is 0.778. The molecule has 0 saturated carbocycles. The van der Waals surface area contributed by atoms with Crippen molar-refractivity contribution in [2.24, 2.45) is 0 Å². The van der Waals surface area contributed by atoms with Gasteiger partial charge < -0.3 is 9.52 Å². The maximum Gasteiger partial charge on any atom is 0.371 e. The van der Waals surface area contributed by atoms with Crippen molar-refractivity contribution in [1.29, 1.82) is 0 Å². The standard InChI is InChI=1S/C10H14O3/c1-3-4-7(2)8-5-6-9(13-8)10(11)12/h5-7H,3-4H2,1-2H3,(H,11,12). The smallest absolute Gasteiger partial charge is 0.371 e. The summed E-state index contributed by atoms with van der Waals surface area (Å²) in [5.74, 6) is 0.0882. The van der Waals surface area contributed by atoms with Gasteiger partial charge in [-0.05, 0) is 18.6 Å². The number of carbonyl (C=O) groups is 1. The van der Waals surface area contributed by atoms with E-state index in [4.69, 9.17) is 9.52 Å². The van der Waals surface area contributed by atoms with Crippen LogP contribution in [0.5, 0.6) is 0 Å². The fourth-order valence-corrected chi connectivity index (χ4v) is 1.31. The number of hydrogen-bond acceptors (Lipinski definition) is 2. The van der Waals surface area contributed by atoms with Crippen molar-refractivity contribution >= 4 is 5.97 Å². The molecule has 0 saturated heterocycles. The number of carboxylic acids is 1. The molecule has 72 valence electrons. The highest BCUT2D eigenvalue weighted by atomic mass is 16.4. The minimum absolute atomic E-state index is 0.0259. The minimum Gasteiger partial charge on any atom is -0.475 e. The summed E-state index contributed by atoms with van der Waals surface area (Å²) in [7, 11) is 0. The second-order valence-corrected chi connectivity index (χ2v) is 3.20. The molecular formula is C10H14O3. The van der Waals surface area contributed by atoms with Crippen LogP contribution in [0.1, 0.15) is 48.9 Å². The third-order valence-electron chi connectivity index (χ3n) is 2.04. The Kier molecular flexibility index (Phi) is 3.12. The molecule has 0 spiro atoms. The van der Waals surface area contributed by atoms with Crippen molar-refractivity contribution in [1.82, 2.24) is 0 Å². The molecule has 1 N–H and O–H groups in total. The van der Waals surface area contributed by atoms with Crippen LogP contribution in [0, 0.1) is 0 Å². The van der Waals surface area contributed by atoms with Gasteiger partial charge in [0.1, 0.15) is 5.76 Å². The van der Waals surface area contributed by atoms with Crippen LogP contribution in [0.2, 0.25) is 0 Å². The summed E-state index contributed by atoms with van der Waals surface area (Å²) in [4.78, 5) is 10.5. The first-order valence-electron chi connectivity index (χ1n) is 4.48. The van der Waals surface area contributed by atoms with Crippen LogP contribution in [-0.2, 0) is 0 Å². The topological polar surface area (TPSA) is 50.4 Å². The lowest BCUT2D eigenvalue weighted by Crippen LogP contribution is -1.93. The molecule has 1 rings (SSSR count). The van der Waals surface area contributed by atoms with Crippen molar-refractivity contribution in [3.05, 3.63) is 23.7 Å². The predicted octanol–water partition coefficient (Wildman–Crippen LogP) is 2.88. The van der Waals surface area contributed by atoms with E-state index in [1.807, 2.05) is 6.92 Å². The van der Waals surface area contributed by atoms with Crippen LogP contribution in [-0.4, -0.2) is 11.1 Å². The van der Waals surface area contributed by atoms with Crippen molar-refractivity contribution in [2.45, 2.75) is 32.6 Å². The summed E-state index contributed by atoms with van der Waals surface area (Å²) in [5, 5.41) is 8.62. The number of aromatic carboxylic acids is 1. The van der Waals surface area contributed by atoms with Crippen molar-refractivity contribution in [2.75, 3.05) is 0 Å². The summed E-state index contributed by atoms with van der Waals surface area (Å²) in [6.45, 7) is 4.13. The Morgan fingerprint density at radius 1 is 1.62 bits per heavy atom. The van der Waals surface area contributed by atoms with Gasteiger partial charge in [-0.2, -0.15) is 0 Å². The molecule has 1 atom stereocenters. The van der Waals surface area contributed by atoms with Gasteiger partial charge in [-0.25, -0.2) is 4.79 Å². The van der Waals surface area contributed by atoms with Crippen LogP contribution >= 0.6 is 0 Å². The summed E-state index contributed by atoms with van der Waals surface area (Å²) < 4.78 is 5.16. The first kappa shape index (κ1) is 9.84. The number of furan rings is 1. The third kappa shape index (κ3) is 2.34. The lowest BCUT2D eigenvalue weighted by molar-refractivity contribution is 0.0659. The zero-order valence-corrected chi connectivity index (χ0v) is 7.91. The van der Waals surface area contributed by atoms with Gasteiger partial charge in [0.05, 0.1) is 0 Å². The maximum atomic E-state index is 10.5. The van der Waals surface area contributed by atoms with Crippen LogP contribution in [0.3, 0.4) is 0 Å². The Bertz CT molecular complexity index is 288. The van der Waals surface area contributed by atoms with Gasteiger partial charge in [-0.3, -0.25) is 0 Å². The Morgan fingerprint density at radius 2 is 2.31 bits per heavy atom. The lowest BCUT2D eigenvalue weighted by Gasteiger charge is -2.04. The van der Waals surface area contributed by atoms with Gasteiger partial charge in [0.15, 0.2) is 0 Å². The van der Waals surface area contributed by atoms with E-state index in [1.54, 1.807) is 6.07 Å². The number of hydrogen-bond donors (Lipinski definition) is 1. The molecule has 0 fully saturated rings. The largest absolute Gasteiger partial charge is 0.475 e. The van der Waals surface area contributed by atoms with Gasteiger partial charge in [0.2, 0.25) is 5.76 Å². The second kappa shape index (κ2) is 4.12. The van der Waals surface area contributed by atoms with Crippen LogP contribution < -0.4 is 0 Å². The Labute approximate surface area is 77.4 Å². The molecule has 0 aromatic carbocycles. The van der Waals surface area contributed by atoms with Crippen molar-refractivity contribution in [3.63, 3.8) is 0 Å². The summed E-state index contributed by atoms with van der Waals surface area (Å²) in [6, 6.07) is 3.24. The molecule has 1 aromatic rings. The van der Waals surface area contributed by atoms with Crippen molar-refractivity contribution in [3.8, 4) is 0 Å². The molecule has 1 aromatic heterocycles. The minimum atomic E-state index is -1.00. The highest BCUT2D eigenvalue weighted by Gasteiger charge is 2.12. The van der Waals surface area contributed by atoms with Crippen LogP contribution in [0.25, 0.3) is 0 Å². The highest BCUT2D eigenvalue weighted by Crippen LogP contribution is 2.22. The van der Waals surface area contributed by atoms with E-state index in [0.717, 1.165) is 18.6 Å². The molecule has 13 heavy (non-hydrogen) atoms. The molecule has 0 aliphatic carbocycles. The lowest BCUT2D eigenvalue weighted by atomic mass is 10.0. The third-order valence-corrected chi connectivity index (χ3v) is 2.04. The molecular weight excluding hydrogens is 168 g/mol. The van der Waals surface area contributed by atoms with Crippen LogP contribution in [0.4, 0.5) is 0 Å². The number of carboxylic acid groups (broad SMARTS) is 1. The zero-order valence-electron chi connectivity index (χ0n) is 7.91. The highest BCUT2D eigenvalue weighted by molar-refractivity contribution is 5.84. The van der Waals surface area contributed by atoms with E-state index >= 15 is 0 Å². The summed E-state index contributed by atoms with van der Waals surface area (Å²) in [5.41, 5.74) is 0. The molecule has 0 aliphatic heterocycles. The Morgan fingerprint density at radius 3 is 2.77 bits per heavy atom. The molecule has 3 nitrogen and oxygen atoms in total. The summed E-state index contributed by atoms with van der Waals surface area (Å²) in [6.07, 6.45) is 2.09. The SMILES string of the molecule is CCCC(C)c1ccc(C(=O)O)o1. The maximum absolute atomic E-state index is 10.5. The summed E-state index contributed by atoms with van der Waals surface area (Å²) >= 11 is 0. The first-order valence-corrected chi connectivity index (χ1v) is 4.48. The average Bonchev–Trinajstić information content (AvgIpc) is 2.52. The molecule has 0 bridgehead atoms. The zero-order chi connectivity index (χ0) is 9.84. The average molecular weight is 182 g/mol. The van der Waals surface area contributed by atoms with E-state index in [9.17, 15) is 4.79 Å². The van der Waals surface area contributed by atoms with E-state index < -0.39 is 5.97 Å². The number of rotatable bonds is 4. The van der Waals surface area contributed by atoms with Gasteiger partial charge in [-0.15, -0.1) is 0 Å². The van der Waals surface area contributed by atoms with Gasteiger partial charge in [0.25, 0.3) is 0 Å². The Hall–Kier alpha value is -1.25. The van der Waals surface area contributed by atoms with E-state index in [1.165, 1.54) is 6.07 Å². The fourth-order valence-electron chi connectivity index (χ4n) is 1.31. The Balaban J connectivity index is 2.73. The van der Waals surface area contributed by atoms with E-state index in [0.29, 0.717) is 5.92 Å². The van der Waals surface area contributed by atoms with Gasteiger partial charge in [-0.1, -0.05) is 20.3 Å². The molecule has 0 radical (unpaired) electrons. The molecule has 3 heteroatoms. The molecule has 0 aliphatic rings. The van der Waals surface area contributed by atoms with Gasteiger partial charge >= 0.3 is 5.97 Å². The molecule has 0 amide bonds.